The van der Waals surface area contributed by atoms with Crippen molar-refractivity contribution in [1.82, 2.24) is 20.4 Å². The summed E-state index contributed by atoms with van der Waals surface area (Å²) in [6.07, 6.45) is 9.67. The van der Waals surface area contributed by atoms with E-state index in [0.717, 1.165) is 43.5 Å². The van der Waals surface area contributed by atoms with Gasteiger partial charge in [0.2, 0.25) is 0 Å². The Kier molecular flexibility index (Phi) is 7.41. The number of piperidine rings is 1. The van der Waals surface area contributed by atoms with Crippen LogP contribution in [0.5, 0.6) is 0 Å². The second kappa shape index (κ2) is 9.77. The zero-order valence-electron chi connectivity index (χ0n) is 16.5. The molecule has 1 heterocycles. The first-order valence-corrected chi connectivity index (χ1v) is 10.7. The molecule has 3 fully saturated rings. The van der Waals surface area contributed by atoms with Crippen LogP contribution in [-0.2, 0) is 0 Å². The van der Waals surface area contributed by atoms with Crippen LogP contribution in [-0.4, -0.2) is 74.7 Å². The number of aliphatic imine (C=N–C) groups is 1. The van der Waals surface area contributed by atoms with E-state index in [1.807, 2.05) is 7.05 Å². The fraction of sp³-hybridized carbons (Fsp3) is 0.950. The van der Waals surface area contributed by atoms with Crippen molar-refractivity contribution in [3.05, 3.63) is 0 Å². The molecule has 2 aliphatic carbocycles. The predicted molar refractivity (Wildman–Crippen MR) is 106 cm³/mol. The number of guanidine groups is 1. The molecule has 0 amide bonds. The Morgan fingerprint density at radius 3 is 2.40 bits per heavy atom. The molecule has 3 rings (SSSR count). The summed E-state index contributed by atoms with van der Waals surface area (Å²) < 4.78 is 0. The molecule has 0 aromatic rings. The van der Waals surface area contributed by atoms with Gasteiger partial charge in [-0.3, -0.25) is 9.89 Å². The third kappa shape index (κ3) is 7.14. The van der Waals surface area contributed by atoms with Crippen molar-refractivity contribution in [2.75, 3.05) is 52.9 Å². The Bertz CT molecular complexity index is 408. The van der Waals surface area contributed by atoms with Crippen molar-refractivity contribution in [2.45, 2.75) is 57.9 Å². The minimum absolute atomic E-state index is 0.879. The summed E-state index contributed by atoms with van der Waals surface area (Å²) in [5.41, 5.74) is 0. The van der Waals surface area contributed by atoms with Crippen LogP contribution in [0.4, 0.5) is 0 Å². The van der Waals surface area contributed by atoms with E-state index in [2.05, 4.69) is 32.3 Å². The van der Waals surface area contributed by atoms with Crippen molar-refractivity contribution in [1.29, 1.82) is 0 Å². The number of hydrogen-bond donors (Lipinski definition) is 2. The van der Waals surface area contributed by atoms with E-state index >= 15 is 0 Å². The van der Waals surface area contributed by atoms with Crippen LogP contribution in [0.3, 0.4) is 0 Å². The molecule has 144 valence electrons. The average Bonchev–Trinajstić information content (AvgIpc) is 3.51. The standard InChI is InChI=1S/C20H39N5/c1-17-8-13-24(14-9-17)12-3-10-22-20(21-2)23-11-15-25(19-6-7-19)16-18-4-5-18/h17-19H,3-16H2,1-2H3,(H2,21,22,23). The van der Waals surface area contributed by atoms with Crippen molar-refractivity contribution in [3.63, 3.8) is 0 Å². The van der Waals surface area contributed by atoms with Gasteiger partial charge in [-0.15, -0.1) is 0 Å². The van der Waals surface area contributed by atoms with Crippen LogP contribution >= 0.6 is 0 Å². The van der Waals surface area contributed by atoms with E-state index in [1.165, 1.54) is 71.1 Å². The molecule has 0 aromatic carbocycles. The summed E-state index contributed by atoms with van der Waals surface area (Å²) in [5.74, 6) is 2.89. The highest BCUT2D eigenvalue weighted by molar-refractivity contribution is 5.79. The quantitative estimate of drug-likeness (QED) is 0.360. The van der Waals surface area contributed by atoms with Gasteiger partial charge in [-0.05, 0) is 76.4 Å². The van der Waals surface area contributed by atoms with Crippen LogP contribution in [0.15, 0.2) is 4.99 Å². The smallest absolute Gasteiger partial charge is 0.191 e. The molecule has 5 nitrogen and oxygen atoms in total. The number of hydrogen-bond acceptors (Lipinski definition) is 3. The third-order valence-electron chi connectivity index (χ3n) is 5.99. The summed E-state index contributed by atoms with van der Waals surface area (Å²) in [4.78, 5) is 9.69. The first-order valence-electron chi connectivity index (χ1n) is 10.7. The molecule has 2 saturated carbocycles. The van der Waals surface area contributed by atoms with Gasteiger partial charge in [0.25, 0.3) is 0 Å². The normalized spacial score (nSPS) is 23.2. The van der Waals surface area contributed by atoms with Gasteiger partial charge in [0.05, 0.1) is 0 Å². The Morgan fingerprint density at radius 1 is 1.04 bits per heavy atom. The molecule has 0 radical (unpaired) electrons. The average molecular weight is 350 g/mol. The Morgan fingerprint density at radius 2 is 1.76 bits per heavy atom. The molecule has 0 atom stereocenters. The molecule has 0 bridgehead atoms. The zero-order valence-corrected chi connectivity index (χ0v) is 16.5. The SMILES string of the molecule is CN=C(NCCCN1CCC(C)CC1)NCCN(CC1CC1)C1CC1. The Hall–Kier alpha value is -0.810. The molecule has 0 unspecified atom stereocenters. The molecular weight excluding hydrogens is 310 g/mol. The Labute approximate surface area is 154 Å². The molecule has 0 aromatic heterocycles. The summed E-state index contributed by atoms with van der Waals surface area (Å²) in [6, 6.07) is 0.879. The minimum Gasteiger partial charge on any atom is -0.356 e. The topological polar surface area (TPSA) is 42.9 Å². The maximum atomic E-state index is 4.38. The number of nitrogens with zero attached hydrogens (tertiary/aromatic N) is 3. The molecule has 25 heavy (non-hydrogen) atoms. The van der Waals surface area contributed by atoms with E-state index < -0.39 is 0 Å². The highest BCUT2D eigenvalue weighted by Gasteiger charge is 2.33. The second-order valence-electron chi connectivity index (χ2n) is 8.47. The lowest BCUT2D eigenvalue weighted by Gasteiger charge is -2.30. The third-order valence-corrected chi connectivity index (χ3v) is 5.99. The van der Waals surface area contributed by atoms with Gasteiger partial charge in [-0.2, -0.15) is 0 Å². The van der Waals surface area contributed by atoms with Gasteiger partial charge in [0, 0.05) is 39.3 Å². The van der Waals surface area contributed by atoms with Crippen LogP contribution < -0.4 is 10.6 Å². The van der Waals surface area contributed by atoms with E-state index in [0.29, 0.717) is 0 Å². The van der Waals surface area contributed by atoms with Crippen molar-refractivity contribution < 1.29 is 0 Å². The van der Waals surface area contributed by atoms with E-state index in [-0.39, 0.29) is 0 Å². The summed E-state index contributed by atoms with van der Waals surface area (Å²) in [5, 5.41) is 6.99. The van der Waals surface area contributed by atoms with Gasteiger partial charge in [-0.25, -0.2) is 0 Å². The lowest BCUT2D eigenvalue weighted by Crippen LogP contribution is -2.43. The molecule has 5 heteroatoms. The van der Waals surface area contributed by atoms with Gasteiger partial charge < -0.3 is 15.5 Å². The molecule has 1 saturated heterocycles. The minimum atomic E-state index is 0.879. The van der Waals surface area contributed by atoms with E-state index in [4.69, 9.17) is 0 Å². The molecule has 3 aliphatic rings. The van der Waals surface area contributed by atoms with Gasteiger partial charge >= 0.3 is 0 Å². The van der Waals surface area contributed by atoms with Gasteiger partial charge in [0.1, 0.15) is 0 Å². The van der Waals surface area contributed by atoms with Gasteiger partial charge in [-0.1, -0.05) is 6.92 Å². The maximum absolute atomic E-state index is 4.38. The summed E-state index contributed by atoms with van der Waals surface area (Å²) in [7, 11) is 1.88. The van der Waals surface area contributed by atoms with Crippen molar-refractivity contribution >= 4 is 5.96 Å². The largest absolute Gasteiger partial charge is 0.356 e. The van der Waals surface area contributed by atoms with Crippen molar-refractivity contribution in [3.8, 4) is 0 Å². The molecule has 0 spiro atoms. The molecule has 2 N–H and O–H groups in total. The molecule has 1 aliphatic heterocycles. The van der Waals surface area contributed by atoms with Crippen molar-refractivity contribution in [2.24, 2.45) is 16.8 Å². The number of rotatable bonds is 10. The number of likely N-dealkylation sites (tertiary alicyclic amines) is 1. The zero-order chi connectivity index (χ0) is 17.5. The fourth-order valence-corrected chi connectivity index (χ4v) is 3.83. The lowest BCUT2D eigenvalue weighted by molar-refractivity contribution is 0.191. The lowest BCUT2D eigenvalue weighted by atomic mass is 9.99. The summed E-state index contributed by atoms with van der Waals surface area (Å²) >= 11 is 0. The monoisotopic (exact) mass is 349 g/mol. The number of nitrogens with one attached hydrogen (secondary N) is 2. The second-order valence-corrected chi connectivity index (χ2v) is 8.47. The highest BCUT2D eigenvalue weighted by Crippen LogP contribution is 2.34. The maximum Gasteiger partial charge on any atom is 0.191 e. The van der Waals surface area contributed by atoms with Crippen LogP contribution in [0.2, 0.25) is 0 Å². The van der Waals surface area contributed by atoms with Gasteiger partial charge in [0.15, 0.2) is 5.96 Å². The first kappa shape index (κ1) is 19.0. The predicted octanol–water partition coefficient (Wildman–Crippen LogP) is 2.15. The van der Waals surface area contributed by atoms with E-state index in [9.17, 15) is 0 Å². The Balaban J connectivity index is 1.23. The molecular formula is C20H39N5. The van der Waals surface area contributed by atoms with E-state index in [1.54, 1.807) is 0 Å². The first-order chi connectivity index (χ1) is 12.2. The van der Waals surface area contributed by atoms with Crippen LogP contribution in [0.1, 0.15) is 51.9 Å². The fourth-order valence-electron chi connectivity index (χ4n) is 3.83. The van der Waals surface area contributed by atoms with Crippen LogP contribution in [0, 0.1) is 11.8 Å². The highest BCUT2D eigenvalue weighted by atomic mass is 15.2. The van der Waals surface area contributed by atoms with Crippen LogP contribution in [0.25, 0.3) is 0 Å². The summed E-state index contributed by atoms with van der Waals surface area (Å²) in [6.45, 7) is 10.7.